The van der Waals surface area contributed by atoms with E-state index < -0.39 is 5.97 Å². The van der Waals surface area contributed by atoms with Crippen LogP contribution in [0.1, 0.15) is 43.0 Å². The summed E-state index contributed by atoms with van der Waals surface area (Å²) < 4.78 is 11.3. The van der Waals surface area contributed by atoms with E-state index >= 15 is 0 Å². The van der Waals surface area contributed by atoms with E-state index in [4.69, 9.17) is 26.8 Å². The summed E-state index contributed by atoms with van der Waals surface area (Å²) in [6.07, 6.45) is 5.23. The summed E-state index contributed by atoms with van der Waals surface area (Å²) in [6, 6.07) is 23.0. The molecule has 0 aromatic heterocycles. The van der Waals surface area contributed by atoms with Crippen molar-refractivity contribution in [3.05, 3.63) is 118 Å². The number of rotatable bonds is 9. The van der Waals surface area contributed by atoms with Gasteiger partial charge in [-0.1, -0.05) is 66.2 Å². The Kier molecular flexibility index (Phi) is 9.87. The molecule has 0 fully saturated rings. The first-order valence-electron chi connectivity index (χ1n) is 11.8. The van der Waals surface area contributed by atoms with Crippen LogP contribution in [0.15, 0.2) is 95.6 Å². The quantitative estimate of drug-likeness (QED) is 0.138. The molecule has 0 aliphatic heterocycles. The van der Waals surface area contributed by atoms with Gasteiger partial charge in [-0.05, 0) is 67.3 Å². The highest BCUT2D eigenvalue weighted by atomic mass is 35.5. The monoisotopic (exact) mass is 514 g/mol. The number of halogens is 1. The van der Waals surface area contributed by atoms with E-state index in [1.807, 2.05) is 80.6 Å². The third-order valence-corrected chi connectivity index (χ3v) is 6.09. The van der Waals surface area contributed by atoms with Crippen molar-refractivity contribution in [1.82, 2.24) is 0 Å². The van der Waals surface area contributed by atoms with Crippen LogP contribution in [-0.2, 0) is 20.9 Å². The van der Waals surface area contributed by atoms with Gasteiger partial charge in [0.25, 0.3) is 0 Å². The maximum atomic E-state index is 12.5. The molecule has 0 saturated heterocycles. The maximum absolute atomic E-state index is 12.5. The Morgan fingerprint density at radius 3 is 2.41 bits per heavy atom. The predicted molar refractivity (Wildman–Crippen MR) is 153 cm³/mol. The number of carbonyl (C=O) groups excluding carboxylic acids is 1. The number of allylic oxidation sites excluding steroid dienone is 3. The molecule has 0 radical (unpaired) electrons. The van der Waals surface area contributed by atoms with Gasteiger partial charge in [0, 0.05) is 28.6 Å². The first-order valence-corrected chi connectivity index (χ1v) is 12.2. The number of hydrogen-bond donors (Lipinski definition) is 1. The Labute approximate surface area is 223 Å². The summed E-state index contributed by atoms with van der Waals surface area (Å²) in [6.45, 7) is 5.99. The van der Waals surface area contributed by atoms with Crippen LogP contribution >= 0.6 is 11.6 Å². The number of nitrogens with zero attached hydrogens (tertiary/aromatic N) is 1. The molecule has 0 bridgehead atoms. The topological polar surface area (TPSA) is 73.9 Å². The molecule has 0 aliphatic carbocycles. The largest absolute Gasteiger partial charge is 0.488 e. The van der Waals surface area contributed by atoms with E-state index in [2.05, 4.69) is 4.99 Å². The SMILES string of the molecule is C/C=C(/C)c1cc(/C(C=Nc2cccc(Cl)c2)=C/N)ccc1/C(OCc1ccccc1)=C(\C)C(=O)OC. The van der Waals surface area contributed by atoms with Gasteiger partial charge < -0.3 is 15.2 Å². The van der Waals surface area contributed by atoms with E-state index in [0.717, 1.165) is 39.1 Å². The number of benzene rings is 3. The number of aliphatic imine (C=N–C) groups is 1. The summed E-state index contributed by atoms with van der Waals surface area (Å²) in [7, 11) is 1.36. The minimum absolute atomic E-state index is 0.306. The lowest BCUT2D eigenvalue weighted by Crippen LogP contribution is -2.08. The van der Waals surface area contributed by atoms with E-state index in [1.54, 1.807) is 25.3 Å². The number of carbonyl (C=O) groups is 1. The molecule has 6 heteroatoms. The van der Waals surface area contributed by atoms with Crippen LogP contribution in [0.5, 0.6) is 0 Å². The van der Waals surface area contributed by atoms with E-state index in [9.17, 15) is 4.79 Å². The minimum atomic E-state index is -0.451. The van der Waals surface area contributed by atoms with Gasteiger partial charge in [0.2, 0.25) is 0 Å². The molecule has 190 valence electrons. The van der Waals surface area contributed by atoms with Crippen LogP contribution < -0.4 is 5.73 Å². The summed E-state index contributed by atoms with van der Waals surface area (Å²) >= 11 is 6.08. The molecule has 3 aromatic carbocycles. The lowest BCUT2D eigenvalue weighted by atomic mass is 9.93. The highest BCUT2D eigenvalue weighted by molar-refractivity contribution is 6.30. The molecule has 37 heavy (non-hydrogen) atoms. The molecule has 0 atom stereocenters. The van der Waals surface area contributed by atoms with Crippen molar-refractivity contribution >= 4 is 46.4 Å². The lowest BCUT2D eigenvalue weighted by Gasteiger charge is -2.19. The fourth-order valence-corrected chi connectivity index (χ4v) is 3.87. The highest BCUT2D eigenvalue weighted by Gasteiger charge is 2.19. The maximum Gasteiger partial charge on any atom is 0.337 e. The van der Waals surface area contributed by atoms with E-state index in [0.29, 0.717) is 23.0 Å². The van der Waals surface area contributed by atoms with Gasteiger partial charge in [-0.15, -0.1) is 0 Å². The number of esters is 1. The molecule has 0 unspecified atom stereocenters. The number of ether oxygens (including phenoxy) is 2. The third kappa shape index (κ3) is 7.21. The van der Waals surface area contributed by atoms with Crippen molar-refractivity contribution in [1.29, 1.82) is 0 Å². The van der Waals surface area contributed by atoms with Crippen molar-refractivity contribution < 1.29 is 14.3 Å². The minimum Gasteiger partial charge on any atom is -0.488 e. The number of methoxy groups -OCH3 is 1. The fourth-order valence-electron chi connectivity index (χ4n) is 3.68. The summed E-state index contributed by atoms with van der Waals surface area (Å²) in [4.78, 5) is 17.1. The zero-order valence-corrected chi connectivity index (χ0v) is 22.3. The molecule has 3 rings (SSSR count). The van der Waals surface area contributed by atoms with Crippen molar-refractivity contribution in [2.75, 3.05) is 7.11 Å². The standard InChI is InChI=1S/C31H31ClN2O3/c1-5-21(2)29-16-24(25(18-33)19-34-27-13-9-12-26(32)17-27)14-15-28(29)30(22(3)31(35)36-4)37-20-23-10-7-6-8-11-23/h5-19H,20,33H2,1-4H3/b21-5-,25-18+,30-22-,34-19?. The molecule has 5 nitrogen and oxygen atoms in total. The van der Waals surface area contributed by atoms with Gasteiger partial charge in [-0.25, -0.2) is 4.79 Å². The summed E-state index contributed by atoms with van der Waals surface area (Å²) in [5.74, 6) is 0.0109. The molecular formula is C31H31ClN2O3. The average molecular weight is 515 g/mol. The van der Waals surface area contributed by atoms with Gasteiger partial charge in [0.15, 0.2) is 0 Å². The Morgan fingerprint density at radius 1 is 1.00 bits per heavy atom. The fraction of sp³-hybridized carbons (Fsp3) is 0.161. The second kappa shape index (κ2) is 13.3. The van der Waals surface area contributed by atoms with Gasteiger partial charge >= 0.3 is 5.97 Å². The molecule has 3 aromatic rings. The van der Waals surface area contributed by atoms with Crippen molar-refractivity contribution in [3.8, 4) is 0 Å². The molecule has 0 heterocycles. The van der Waals surface area contributed by atoms with Gasteiger partial charge in [0.05, 0.1) is 18.4 Å². The van der Waals surface area contributed by atoms with Gasteiger partial charge in [-0.2, -0.15) is 0 Å². The van der Waals surface area contributed by atoms with Crippen LogP contribution in [0, 0.1) is 0 Å². The molecule has 0 spiro atoms. The Morgan fingerprint density at radius 2 is 1.76 bits per heavy atom. The van der Waals surface area contributed by atoms with E-state index in [1.165, 1.54) is 13.3 Å². The van der Waals surface area contributed by atoms with Gasteiger partial charge in [-0.3, -0.25) is 4.99 Å². The van der Waals surface area contributed by atoms with Crippen LogP contribution in [0.2, 0.25) is 5.02 Å². The second-order valence-corrected chi connectivity index (χ2v) is 8.75. The first kappa shape index (κ1) is 27.5. The van der Waals surface area contributed by atoms with Crippen molar-refractivity contribution in [3.63, 3.8) is 0 Å². The second-order valence-electron chi connectivity index (χ2n) is 8.31. The molecule has 2 N–H and O–H groups in total. The molecule has 0 saturated carbocycles. The molecule has 0 amide bonds. The van der Waals surface area contributed by atoms with Crippen LogP contribution in [0.4, 0.5) is 5.69 Å². The van der Waals surface area contributed by atoms with Gasteiger partial charge in [0.1, 0.15) is 12.4 Å². The Balaban J connectivity index is 2.07. The smallest absolute Gasteiger partial charge is 0.337 e. The number of hydrogen-bond acceptors (Lipinski definition) is 5. The first-order chi connectivity index (χ1) is 17.9. The van der Waals surface area contributed by atoms with Crippen LogP contribution in [-0.4, -0.2) is 19.3 Å². The highest BCUT2D eigenvalue weighted by Crippen LogP contribution is 2.32. The average Bonchev–Trinajstić information content (AvgIpc) is 2.93. The molecular weight excluding hydrogens is 484 g/mol. The Hall–Kier alpha value is -4.09. The predicted octanol–water partition coefficient (Wildman–Crippen LogP) is 7.59. The zero-order valence-electron chi connectivity index (χ0n) is 21.5. The summed E-state index contributed by atoms with van der Waals surface area (Å²) in [5, 5.41) is 0.610. The summed E-state index contributed by atoms with van der Waals surface area (Å²) in [5.41, 5.74) is 12.4. The molecule has 0 aliphatic rings. The van der Waals surface area contributed by atoms with E-state index in [-0.39, 0.29) is 0 Å². The third-order valence-electron chi connectivity index (χ3n) is 5.85. The number of nitrogens with two attached hydrogens (primary N) is 1. The lowest BCUT2D eigenvalue weighted by molar-refractivity contribution is -0.136. The zero-order chi connectivity index (χ0) is 26.8. The van der Waals surface area contributed by atoms with Crippen molar-refractivity contribution in [2.24, 2.45) is 10.7 Å². The van der Waals surface area contributed by atoms with Crippen LogP contribution in [0.25, 0.3) is 16.9 Å². The Bertz CT molecular complexity index is 1370. The van der Waals surface area contributed by atoms with Crippen LogP contribution in [0.3, 0.4) is 0 Å². The normalized spacial score (nSPS) is 12.9. The van der Waals surface area contributed by atoms with Crippen molar-refractivity contribution in [2.45, 2.75) is 27.4 Å².